The first-order chi connectivity index (χ1) is 5.72. The third-order valence-electron chi connectivity index (χ3n) is 1.92. The molecule has 4 heteroatoms. The molecule has 0 bridgehead atoms. The molecule has 0 amide bonds. The van der Waals surface area contributed by atoms with E-state index in [9.17, 15) is 4.79 Å². The molecule has 1 aliphatic rings. The summed E-state index contributed by atoms with van der Waals surface area (Å²) < 4.78 is 0. The Morgan fingerprint density at radius 3 is 3.17 bits per heavy atom. The maximum atomic E-state index is 10.3. The molecule has 2 unspecified atom stereocenters. The lowest BCUT2D eigenvalue weighted by atomic mass is 10.1. The molecule has 66 valence electrons. The zero-order chi connectivity index (χ0) is 8.97. The minimum Gasteiger partial charge on any atom is -0.481 e. The minimum absolute atomic E-state index is 0.0767. The number of carboxylic acid groups (broad SMARTS) is 1. The normalized spacial score (nSPS) is 28.6. The largest absolute Gasteiger partial charge is 0.481 e. The number of carboxylic acids is 1. The quantitative estimate of drug-likeness (QED) is 0.655. The van der Waals surface area contributed by atoms with Gasteiger partial charge in [0.05, 0.1) is 6.07 Å². The first-order valence-corrected chi connectivity index (χ1v) is 5.46. The number of aliphatic carboxylic acids is 1. The molecule has 0 radical (unpaired) electrons. The Balaban J connectivity index is 2.42. The highest BCUT2D eigenvalue weighted by Crippen LogP contribution is 2.31. The van der Waals surface area contributed by atoms with E-state index in [0.29, 0.717) is 5.92 Å². The number of rotatable bonds is 2. The molecule has 1 aliphatic heterocycles. The lowest BCUT2D eigenvalue weighted by Crippen LogP contribution is -2.06. The molecule has 3 nitrogen and oxygen atoms in total. The van der Waals surface area contributed by atoms with Gasteiger partial charge in [0.1, 0.15) is 0 Å². The topological polar surface area (TPSA) is 61.1 Å². The van der Waals surface area contributed by atoms with Gasteiger partial charge in [-0.15, -0.1) is 0 Å². The molecule has 1 fully saturated rings. The molecule has 12 heavy (non-hydrogen) atoms. The van der Waals surface area contributed by atoms with Gasteiger partial charge >= 0.3 is 5.97 Å². The number of hydrogen-bond acceptors (Lipinski definition) is 2. The van der Waals surface area contributed by atoms with E-state index in [1.807, 2.05) is 6.07 Å². The SMILES string of the molecule is N#CC=S1CCC(CC(=O)O)C1. The molecule has 1 rings (SSSR count). The van der Waals surface area contributed by atoms with E-state index in [-0.39, 0.29) is 16.9 Å². The van der Waals surface area contributed by atoms with E-state index in [1.165, 1.54) is 0 Å². The van der Waals surface area contributed by atoms with E-state index in [0.717, 1.165) is 17.9 Å². The maximum absolute atomic E-state index is 10.3. The van der Waals surface area contributed by atoms with E-state index >= 15 is 0 Å². The van der Waals surface area contributed by atoms with Crippen LogP contribution in [0.4, 0.5) is 0 Å². The lowest BCUT2D eigenvalue weighted by Gasteiger charge is -2.01. The average Bonchev–Trinajstić information content (AvgIpc) is 2.36. The highest BCUT2D eigenvalue weighted by molar-refractivity contribution is 8.15. The second kappa shape index (κ2) is 4.27. The Hall–Kier alpha value is -0.820. The Labute approximate surface area is 73.9 Å². The number of hydrogen-bond donors (Lipinski definition) is 1. The van der Waals surface area contributed by atoms with Gasteiger partial charge < -0.3 is 5.11 Å². The van der Waals surface area contributed by atoms with Gasteiger partial charge in [0, 0.05) is 11.8 Å². The van der Waals surface area contributed by atoms with Gasteiger partial charge in [0.2, 0.25) is 0 Å². The zero-order valence-electron chi connectivity index (χ0n) is 6.69. The van der Waals surface area contributed by atoms with Gasteiger partial charge in [0.15, 0.2) is 0 Å². The smallest absolute Gasteiger partial charge is 0.303 e. The third-order valence-corrected chi connectivity index (χ3v) is 4.02. The summed E-state index contributed by atoms with van der Waals surface area (Å²) in [7, 11) is 0.0767. The number of nitriles is 1. The van der Waals surface area contributed by atoms with E-state index in [2.05, 4.69) is 0 Å². The predicted molar refractivity (Wildman–Crippen MR) is 49.4 cm³/mol. The molecule has 1 saturated heterocycles. The summed E-state index contributed by atoms with van der Waals surface area (Å²) in [5, 5.41) is 18.6. The van der Waals surface area contributed by atoms with Crippen molar-refractivity contribution in [1.29, 1.82) is 5.26 Å². The van der Waals surface area contributed by atoms with Crippen LogP contribution in [0.3, 0.4) is 0 Å². The van der Waals surface area contributed by atoms with Crippen molar-refractivity contribution < 1.29 is 9.90 Å². The summed E-state index contributed by atoms with van der Waals surface area (Å²) >= 11 is 0. The van der Waals surface area contributed by atoms with Gasteiger partial charge in [-0.3, -0.25) is 4.79 Å². The molecule has 1 N–H and O–H groups in total. The molecule has 2 atom stereocenters. The Morgan fingerprint density at radius 2 is 2.58 bits per heavy atom. The summed E-state index contributed by atoms with van der Waals surface area (Å²) in [5.74, 6) is 1.49. The predicted octanol–water partition coefficient (Wildman–Crippen LogP) is 1.08. The van der Waals surface area contributed by atoms with Crippen LogP contribution in [0.15, 0.2) is 0 Å². The molecular weight excluding hydrogens is 174 g/mol. The van der Waals surface area contributed by atoms with E-state index in [4.69, 9.17) is 10.4 Å². The monoisotopic (exact) mass is 185 g/mol. The second-order valence-corrected chi connectivity index (χ2v) is 4.96. The lowest BCUT2D eigenvalue weighted by molar-refractivity contribution is -0.137. The highest BCUT2D eigenvalue weighted by atomic mass is 32.2. The van der Waals surface area contributed by atoms with Crippen LogP contribution >= 0.6 is 10.5 Å². The second-order valence-electron chi connectivity index (χ2n) is 2.91. The zero-order valence-corrected chi connectivity index (χ0v) is 7.51. The molecule has 0 aliphatic carbocycles. The Morgan fingerprint density at radius 1 is 1.83 bits per heavy atom. The number of carbonyl (C=O) groups is 1. The standard InChI is InChI=1S/C8H11NO2S/c9-2-4-12-3-1-7(6-12)5-8(10)11/h4,7H,1,3,5-6H2,(H,10,11). The maximum Gasteiger partial charge on any atom is 0.303 e. The molecule has 0 aromatic heterocycles. The van der Waals surface area contributed by atoms with Crippen LogP contribution in [0.1, 0.15) is 12.8 Å². The number of nitrogens with zero attached hydrogens (tertiary/aromatic N) is 1. The van der Waals surface area contributed by atoms with Crippen LogP contribution < -0.4 is 0 Å². The minimum atomic E-state index is -0.720. The van der Waals surface area contributed by atoms with Crippen LogP contribution in [0, 0.1) is 17.2 Å². The first-order valence-electron chi connectivity index (χ1n) is 3.83. The van der Waals surface area contributed by atoms with Crippen molar-refractivity contribution >= 4 is 21.8 Å². The summed E-state index contributed by atoms with van der Waals surface area (Å²) in [4.78, 5) is 10.3. The van der Waals surface area contributed by atoms with Gasteiger partial charge in [-0.25, -0.2) is 0 Å². The fourth-order valence-electron chi connectivity index (χ4n) is 1.38. The molecule has 0 spiro atoms. The van der Waals surface area contributed by atoms with Crippen molar-refractivity contribution in [3.63, 3.8) is 0 Å². The van der Waals surface area contributed by atoms with Gasteiger partial charge in [-0.05, 0) is 23.8 Å². The van der Waals surface area contributed by atoms with Crippen molar-refractivity contribution in [2.24, 2.45) is 5.92 Å². The van der Waals surface area contributed by atoms with Gasteiger partial charge in [0.25, 0.3) is 0 Å². The summed E-state index contributed by atoms with van der Waals surface area (Å²) in [6, 6.07) is 2.02. The van der Waals surface area contributed by atoms with Crippen molar-refractivity contribution in [2.75, 3.05) is 11.5 Å². The molecule has 0 saturated carbocycles. The summed E-state index contributed by atoms with van der Waals surface area (Å²) in [6.07, 6.45) is 1.23. The molecular formula is C8H11NO2S. The fourth-order valence-corrected chi connectivity index (χ4v) is 3.43. The fraction of sp³-hybridized carbons (Fsp3) is 0.625. The molecule has 1 heterocycles. The van der Waals surface area contributed by atoms with E-state index < -0.39 is 5.97 Å². The van der Waals surface area contributed by atoms with E-state index in [1.54, 1.807) is 5.37 Å². The molecule has 0 aromatic rings. The average molecular weight is 185 g/mol. The van der Waals surface area contributed by atoms with Gasteiger partial charge in [-0.2, -0.15) is 15.7 Å². The van der Waals surface area contributed by atoms with Gasteiger partial charge in [-0.1, -0.05) is 0 Å². The highest BCUT2D eigenvalue weighted by Gasteiger charge is 2.20. The summed E-state index contributed by atoms with van der Waals surface area (Å²) in [5.41, 5.74) is 0. The van der Waals surface area contributed by atoms with Crippen LogP contribution in [0.2, 0.25) is 0 Å². The van der Waals surface area contributed by atoms with Crippen LogP contribution in [0.25, 0.3) is 0 Å². The van der Waals surface area contributed by atoms with Crippen LogP contribution in [0.5, 0.6) is 0 Å². The van der Waals surface area contributed by atoms with Crippen molar-refractivity contribution in [3.8, 4) is 6.07 Å². The Bertz CT molecular complexity index is 254. The third kappa shape index (κ3) is 2.67. The van der Waals surface area contributed by atoms with Crippen molar-refractivity contribution in [3.05, 3.63) is 0 Å². The van der Waals surface area contributed by atoms with Crippen molar-refractivity contribution in [1.82, 2.24) is 0 Å². The molecule has 0 aromatic carbocycles. The van der Waals surface area contributed by atoms with Crippen LogP contribution in [-0.2, 0) is 4.79 Å². The summed E-state index contributed by atoms with van der Waals surface area (Å²) in [6.45, 7) is 0. The first kappa shape index (κ1) is 9.27. The van der Waals surface area contributed by atoms with Crippen molar-refractivity contribution in [2.45, 2.75) is 12.8 Å². The Kier molecular flexibility index (Phi) is 3.30. The van der Waals surface area contributed by atoms with Crippen LogP contribution in [-0.4, -0.2) is 27.9 Å².